The Bertz CT molecular complexity index is 590. The summed E-state index contributed by atoms with van der Waals surface area (Å²) in [4.78, 5) is 0.646. The predicted octanol–water partition coefficient (Wildman–Crippen LogP) is 2.28. The van der Waals surface area contributed by atoms with Crippen molar-refractivity contribution in [3.05, 3.63) is 34.2 Å². The van der Waals surface area contributed by atoms with Gasteiger partial charge in [0.25, 0.3) is 0 Å². The van der Waals surface area contributed by atoms with Gasteiger partial charge in [0.15, 0.2) is 0 Å². The maximum atomic E-state index is 12.2. The zero-order valence-electron chi connectivity index (χ0n) is 10.2. The molecule has 1 aromatic carbocycles. The van der Waals surface area contributed by atoms with E-state index in [1.165, 1.54) is 0 Å². The maximum absolute atomic E-state index is 12.2. The highest BCUT2D eigenvalue weighted by molar-refractivity contribution is 7.95. The molecule has 0 saturated carbocycles. The predicted molar refractivity (Wildman–Crippen MR) is 67.3 cm³/mol. The van der Waals surface area contributed by atoms with Crippen LogP contribution in [0.2, 0.25) is 0 Å². The van der Waals surface area contributed by atoms with Crippen molar-refractivity contribution in [2.24, 2.45) is 0 Å². The molecule has 0 unspecified atom stereocenters. The summed E-state index contributed by atoms with van der Waals surface area (Å²) in [5.41, 5.74) is 0.736. The molecule has 1 aromatic rings. The molecule has 1 aliphatic heterocycles. The summed E-state index contributed by atoms with van der Waals surface area (Å²) in [6.45, 7) is 5.14. The third-order valence-corrected chi connectivity index (χ3v) is 4.63. The van der Waals surface area contributed by atoms with Crippen LogP contribution in [0.1, 0.15) is 31.4 Å². The minimum absolute atomic E-state index is 0.142. The first-order valence-corrected chi connectivity index (χ1v) is 6.97. The first-order valence-electron chi connectivity index (χ1n) is 5.49. The molecule has 0 aromatic heterocycles. The third-order valence-electron chi connectivity index (χ3n) is 2.72. The van der Waals surface area contributed by atoms with Crippen molar-refractivity contribution >= 4 is 15.9 Å². The van der Waals surface area contributed by atoms with Gasteiger partial charge in [0, 0.05) is 6.42 Å². The van der Waals surface area contributed by atoms with Crippen molar-refractivity contribution in [2.45, 2.75) is 37.7 Å². The van der Waals surface area contributed by atoms with Crippen LogP contribution in [0.4, 0.5) is 0 Å². The van der Waals surface area contributed by atoms with Crippen LogP contribution in [0.25, 0.3) is 6.08 Å². The van der Waals surface area contributed by atoms with Gasteiger partial charge in [-0.3, -0.25) is 0 Å². The molecule has 1 aliphatic rings. The zero-order valence-corrected chi connectivity index (χ0v) is 11.0. The van der Waals surface area contributed by atoms with E-state index < -0.39 is 15.4 Å². The summed E-state index contributed by atoms with van der Waals surface area (Å²) in [7, 11) is -3.40. The molecule has 3 nitrogen and oxygen atoms in total. The van der Waals surface area contributed by atoms with Gasteiger partial charge in [0.1, 0.15) is 0 Å². The Morgan fingerprint density at radius 2 is 1.94 bits per heavy atom. The van der Waals surface area contributed by atoms with Crippen LogP contribution in [-0.2, 0) is 9.84 Å². The summed E-state index contributed by atoms with van der Waals surface area (Å²) in [6, 6.07) is 5.27. The summed E-state index contributed by atoms with van der Waals surface area (Å²) in [5, 5.41) is 9.74. The zero-order chi connectivity index (χ0) is 12.8. The molecular formula is C13H16O3S. The average Bonchev–Trinajstić information content (AvgIpc) is 2.35. The summed E-state index contributed by atoms with van der Waals surface area (Å²) in [6.07, 6.45) is 1.80. The molecule has 1 heterocycles. The van der Waals surface area contributed by atoms with Gasteiger partial charge in [-0.15, -0.1) is 0 Å². The monoisotopic (exact) mass is 252 g/mol. The Balaban J connectivity index is 2.51. The molecule has 0 radical (unpaired) electrons. The Morgan fingerprint density at radius 1 is 1.29 bits per heavy atom. The number of rotatable bonds is 2. The molecule has 0 spiro atoms. The Hall–Kier alpha value is -1.13. The second-order valence-electron chi connectivity index (χ2n) is 5.14. The minimum Gasteiger partial charge on any atom is -0.390 e. The van der Waals surface area contributed by atoms with E-state index in [4.69, 9.17) is 0 Å². The lowest BCUT2D eigenvalue weighted by Crippen LogP contribution is -2.21. The number of hydrogen-bond acceptors (Lipinski definition) is 3. The largest absolute Gasteiger partial charge is 0.390 e. The van der Waals surface area contributed by atoms with Crippen LogP contribution in [0.3, 0.4) is 0 Å². The molecule has 0 bridgehead atoms. The van der Waals surface area contributed by atoms with Crippen LogP contribution in [0.5, 0.6) is 0 Å². The van der Waals surface area contributed by atoms with Gasteiger partial charge in [0.2, 0.25) is 9.84 Å². The number of benzene rings is 1. The molecule has 4 heteroatoms. The van der Waals surface area contributed by atoms with Gasteiger partial charge >= 0.3 is 0 Å². The highest BCUT2D eigenvalue weighted by atomic mass is 32.2. The Kier molecular flexibility index (Phi) is 2.67. The second-order valence-corrected chi connectivity index (χ2v) is 7.12. The minimum atomic E-state index is -3.40. The molecule has 0 aliphatic carbocycles. The van der Waals surface area contributed by atoms with Crippen molar-refractivity contribution in [1.29, 1.82) is 0 Å². The number of hydrogen-bond donors (Lipinski definition) is 1. The fraction of sp³-hybridized carbons (Fsp3) is 0.385. The first kappa shape index (κ1) is 12.3. The van der Waals surface area contributed by atoms with E-state index in [2.05, 4.69) is 0 Å². The smallest absolute Gasteiger partial charge is 0.203 e. The van der Waals surface area contributed by atoms with Gasteiger partial charge < -0.3 is 5.11 Å². The molecule has 0 fully saturated rings. The molecule has 1 N–H and O–H groups in total. The maximum Gasteiger partial charge on any atom is 0.203 e. The summed E-state index contributed by atoms with van der Waals surface area (Å²) < 4.78 is 24.4. The Labute approximate surface area is 102 Å². The van der Waals surface area contributed by atoms with E-state index in [1.54, 1.807) is 32.1 Å². The quantitative estimate of drug-likeness (QED) is 0.878. The lowest BCUT2D eigenvalue weighted by atomic mass is 10.0. The third kappa shape index (κ3) is 2.28. The van der Waals surface area contributed by atoms with Crippen molar-refractivity contribution < 1.29 is 13.5 Å². The van der Waals surface area contributed by atoms with Crippen molar-refractivity contribution in [3.8, 4) is 0 Å². The lowest BCUT2D eigenvalue weighted by Gasteiger charge is -2.17. The van der Waals surface area contributed by atoms with E-state index in [-0.39, 0.29) is 6.42 Å². The van der Waals surface area contributed by atoms with E-state index >= 15 is 0 Å². The summed E-state index contributed by atoms with van der Waals surface area (Å²) in [5.74, 6) is 0. The van der Waals surface area contributed by atoms with Crippen molar-refractivity contribution in [1.82, 2.24) is 0 Å². The molecular weight excluding hydrogens is 236 g/mol. The Morgan fingerprint density at radius 3 is 2.53 bits per heavy atom. The topological polar surface area (TPSA) is 54.4 Å². The molecule has 17 heavy (non-hydrogen) atoms. The molecule has 0 atom stereocenters. The van der Waals surface area contributed by atoms with E-state index in [1.807, 2.05) is 13.0 Å². The molecule has 92 valence electrons. The molecule has 2 rings (SSSR count). The van der Waals surface area contributed by atoms with Gasteiger partial charge in [-0.25, -0.2) is 8.42 Å². The average molecular weight is 252 g/mol. The number of aliphatic hydroxyl groups is 1. The van der Waals surface area contributed by atoms with Crippen molar-refractivity contribution in [2.75, 3.05) is 0 Å². The fourth-order valence-electron chi connectivity index (χ4n) is 1.99. The number of fused-ring (bicyclic) bond motifs is 1. The highest BCUT2D eigenvalue weighted by Gasteiger charge is 2.32. The van der Waals surface area contributed by atoms with E-state index in [0.29, 0.717) is 9.80 Å². The van der Waals surface area contributed by atoms with Gasteiger partial charge in [-0.2, -0.15) is 0 Å². The second kappa shape index (κ2) is 3.68. The molecule has 0 amide bonds. The van der Waals surface area contributed by atoms with Gasteiger partial charge in [-0.05, 0) is 38.5 Å². The standard InChI is InChI=1S/C13H16O3S/c1-9-4-5-12-10(6-9)7-11(17(12,15)16)8-13(2,3)14/h4-7,14H,8H2,1-3H3. The fourth-order valence-corrected chi connectivity index (χ4v) is 3.77. The molecule has 0 saturated heterocycles. The van der Waals surface area contributed by atoms with Crippen LogP contribution >= 0.6 is 0 Å². The SMILES string of the molecule is Cc1ccc2c(c1)C=C(CC(C)(C)O)S2(=O)=O. The van der Waals surface area contributed by atoms with E-state index in [0.717, 1.165) is 11.1 Å². The van der Waals surface area contributed by atoms with Crippen LogP contribution < -0.4 is 0 Å². The number of aryl methyl sites for hydroxylation is 1. The summed E-state index contributed by atoms with van der Waals surface area (Å²) >= 11 is 0. The normalized spacial score (nSPS) is 17.8. The highest BCUT2D eigenvalue weighted by Crippen LogP contribution is 2.36. The lowest BCUT2D eigenvalue weighted by molar-refractivity contribution is 0.0829. The number of sulfone groups is 1. The van der Waals surface area contributed by atoms with E-state index in [9.17, 15) is 13.5 Å². The van der Waals surface area contributed by atoms with Gasteiger partial charge in [-0.1, -0.05) is 17.7 Å². The van der Waals surface area contributed by atoms with Crippen LogP contribution in [0.15, 0.2) is 28.0 Å². The van der Waals surface area contributed by atoms with Crippen LogP contribution in [-0.4, -0.2) is 19.1 Å². The first-order chi connectivity index (χ1) is 7.70. The van der Waals surface area contributed by atoms with Crippen molar-refractivity contribution in [3.63, 3.8) is 0 Å². The van der Waals surface area contributed by atoms with Crippen LogP contribution in [0, 0.1) is 6.92 Å². The van der Waals surface area contributed by atoms with Gasteiger partial charge in [0.05, 0.1) is 15.4 Å².